The lowest BCUT2D eigenvalue weighted by Crippen LogP contribution is -2.24. The highest BCUT2D eigenvalue weighted by atomic mass is 19.4. The molecule has 1 aromatic carbocycles. The molecule has 1 N–H and O–H groups in total. The Hall–Kier alpha value is -4.22. The number of alkyl halides is 3. The van der Waals surface area contributed by atoms with Crippen LogP contribution in [0.1, 0.15) is 43.4 Å². The average molecular weight is 515 g/mol. The van der Waals surface area contributed by atoms with E-state index in [1.54, 1.807) is 45.0 Å². The van der Waals surface area contributed by atoms with E-state index in [0.717, 1.165) is 0 Å². The number of anilines is 2. The van der Waals surface area contributed by atoms with Crippen LogP contribution in [0.3, 0.4) is 0 Å². The number of oxazole rings is 1. The smallest absolute Gasteiger partial charge is 0.442 e. The van der Waals surface area contributed by atoms with Crippen molar-refractivity contribution in [3.63, 3.8) is 0 Å². The third kappa shape index (κ3) is 6.51. The molecule has 0 atom stereocenters. The van der Waals surface area contributed by atoms with Gasteiger partial charge in [-0.2, -0.15) is 18.2 Å². The highest BCUT2D eigenvalue weighted by molar-refractivity contribution is 6.04. The largest absolute Gasteiger partial charge is 0.452 e. The van der Waals surface area contributed by atoms with Crippen LogP contribution in [0.15, 0.2) is 58.1 Å². The molecule has 3 aromatic rings. The predicted molar refractivity (Wildman–Crippen MR) is 130 cm³/mol. The standard InChI is InChI=1S/C25H24F3N5O4/c1-24(2,3)37-23(35)31-17-11-12-33(14-17)18-10-9-16(13-29-18)30-21(34)19-20(25(26,27)28)36-22(32-19)15-7-5-4-6-8-15/h4-10,13H,11-12,14H2,1-3H3,(H,30,34). The zero-order valence-corrected chi connectivity index (χ0v) is 20.3. The Bertz CT molecular complexity index is 1310. The molecule has 0 radical (unpaired) electrons. The molecule has 1 fully saturated rings. The molecule has 2 amide bonds. The Kier molecular flexibility index (Phi) is 7.01. The second-order valence-electron chi connectivity index (χ2n) is 9.25. The molecule has 3 heterocycles. The van der Waals surface area contributed by atoms with Crippen LogP contribution in [-0.4, -0.2) is 46.4 Å². The number of hydrogen-bond acceptors (Lipinski definition) is 7. The van der Waals surface area contributed by atoms with E-state index < -0.39 is 35.2 Å². The molecule has 1 saturated heterocycles. The van der Waals surface area contributed by atoms with E-state index in [4.69, 9.17) is 9.15 Å². The normalized spacial score (nSPS) is 15.2. The number of rotatable bonds is 4. The Morgan fingerprint density at radius 3 is 2.46 bits per heavy atom. The summed E-state index contributed by atoms with van der Waals surface area (Å²) in [7, 11) is 0. The molecule has 0 unspecified atom stereocenters. The van der Waals surface area contributed by atoms with Crippen LogP contribution in [0.5, 0.6) is 0 Å². The Morgan fingerprint density at radius 2 is 1.84 bits per heavy atom. The van der Waals surface area contributed by atoms with E-state index in [9.17, 15) is 22.8 Å². The molecule has 1 aliphatic rings. The molecule has 0 bridgehead atoms. The first kappa shape index (κ1) is 25.9. The minimum absolute atomic E-state index is 0.174. The van der Waals surface area contributed by atoms with E-state index >= 15 is 0 Å². The van der Waals surface area contributed by atoms with Gasteiger partial charge in [-0.15, -0.1) is 0 Å². The van der Waals surface area contributed by atoms with E-state index in [2.05, 4.69) is 20.3 Å². The third-order valence-corrected chi connectivity index (χ3v) is 5.14. The molecular weight excluding hydrogens is 491 g/mol. The lowest BCUT2D eigenvalue weighted by molar-refractivity contribution is -0.153. The molecular formula is C25H24F3N5O4. The summed E-state index contributed by atoms with van der Waals surface area (Å²) in [5.74, 6) is -2.33. The average Bonchev–Trinajstić information content (AvgIpc) is 3.46. The first-order chi connectivity index (χ1) is 17.4. The Morgan fingerprint density at radius 1 is 1.11 bits per heavy atom. The summed E-state index contributed by atoms with van der Waals surface area (Å²) in [6.07, 6.45) is -3.70. The SMILES string of the molecule is CC(C)(C)OC(=O)N=C1CCN(c2ccc(NC(=O)c3nc(-c4ccccc4)oc3C(F)(F)F)cn2)C1. The van der Waals surface area contributed by atoms with Gasteiger partial charge in [0.15, 0.2) is 5.69 Å². The number of nitrogens with zero attached hydrogens (tertiary/aromatic N) is 4. The van der Waals surface area contributed by atoms with Crippen molar-refractivity contribution in [2.45, 2.75) is 39.0 Å². The van der Waals surface area contributed by atoms with Crippen LogP contribution >= 0.6 is 0 Å². The van der Waals surface area contributed by atoms with Gasteiger partial charge in [-0.25, -0.2) is 14.8 Å². The topological polar surface area (TPSA) is 110 Å². The van der Waals surface area contributed by atoms with Gasteiger partial charge in [0.2, 0.25) is 11.7 Å². The van der Waals surface area contributed by atoms with Gasteiger partial charge in [0.25, 0.3) is 5.91 Å². The first-order valence-corrected chi connectivity index (χ1v) is 11.3. The summed E-state index contributed by atoms with van der Waals surface area (Å²) in [5, 5.41) is 2.38. The number of halogens is 3. The number of carbonyl (C=O) groups excluding carboxylic acids is 2. The summed E-state index contributed by atoms with van der Waals surface area (Å²) < 4.78 is 50.7. The number of carbonyl (C=O) groups is 2. The van der Waals surface area contributed by atoms with Gasteiger partial charge in [0.1, 0.15) is 11.4 Å². The maximum atomic E-state index is 13.5. The number of aromatic nitrogens is 2. The molecule has 1 aliphatic heterocycles. The lowest BCUT2D eigenvalue weighted by atomic mass is 10.2. The minimum atomic E-state index is -4.91. The number of amides is 2. The Balaban J connectivity index is 1.45. The molecule has 0 saturated carbocycles. The van der Waals surface area contributed by atoms with Crippen LogP contribution < -0.4 is 10.2 Å². The van der Waals surface area contributed by atoms with Crippen LogP contribution in [0.4, 0.5) is 29.5 Å². The van der Waals surface area contributed by atoms with E-state index in [0.29, 0.717) is 36.6 Å². The predicted octanol–water partition coefficient (Wildman–Crippen LogP) is 5.59. The van der Waals surface area contributed by atoms with Gasteiger partial charge in [0, 0.05) is 24.2 Å². The van der Waals surface area contributed by atoms with Crippen molar-refractivity contribution < 1.29 is 31.9 Å². The number of benzene rings is 1. The van der Waals surface area contributed by atoms with Gasteiger partial charge in [-0.1, -0.05) is 18.2 Å². The number of nitrogens with one attached hydrogen (secondary N) is 1. The summed E-state index contributed by atoms with van der Waals surface area (Å²) in [6.45, 7) is 6.20. The van der Waals surface area contributed by atoms with E-state index in [-0.39, 0.29) is 11.6 Å². The Labute approximate surface area is 210 Å². The second-order valence-corrected chi connectivity index (χ2v) is 9.25. The van der Waals surface area contributed by atoms with Crippen molar-refractivity contribution in [2.75, 3.05) is 23.3 Å². The van der Waals surface area contributed by atoms with Crippen LogP contribution in [-0.2, 0) is 10.9 Å². The van der Waals surface area contributed by atoms with Crippen LogP contribution in [0, 0.1) is 0 Å². The zero-order chi connectivity index (χ0) is 26.8. The highest BCUT2D eigenvalue weighted by Gasteiger charge is 2.42. The highest BCUT2D eigenvalue weighted by Crippen LogP contribution is 2.35. The van der Waals surface area contributed by atoms with Gasteiger partial charge < -0.3 is 19.4 Å². The van der Waals surface area contributed by atoms with E-state index in [1.807, 2.05) is 4.90 Å². The monoisotopic (exact) mass is 515 g/mol. The van der Waals surface area contributed by atoms with Crippen molar-refractivity contribution >= 4 is 29.2 Å². The second kappa shape index (κ2) is 10.0. The first-order valence-electron chi connectivity index (χ1n) is 11.3. The van der Waals surface area contributed by atoms with Crippen molar-refractivity contribution in [1.82, 2.24) is 9.97 Å². The molecule has 0 spiro atoms. The quantitative estimate of drug-likeness (QED) is 0.482. The number of aliphatic imine (C=N–C) groups is 1. The fourth-order valence-electron chi connectivity index (χ4n) is 3.55. The van der Waals surface area contributed by atoms with Gasteiger partial charge in [-0.3, -0.25) is 4.79 Å². The molecule has 194 valence electrons. The van der Waals surface area contributed by atoms with Gasteiger partial charge in [0.05, 0.1) is 18.4 Å². The molecule has 2 aromatic heterocycles. The summed E-state index contributed by atoms with van der Waals surface area (Å²) in [4.78, 5) is 38.6. The van der Waals surface area contributed by atoms with Crippen molar-refractivity contribution in [3.05, 3.63) is 60.1 Å². The van der Waals surface area contributed by atoms with Crippen LogP contribution in [0.25, 0.3) is 11.5 Å². The summed E-state index contributed by atoms with van der Waals surface area (Å²) >= 11 is 0. The number of ether oxygens (including phenoxy) is 1. The molecule has 9 nitrogen and oxygen atoms in total. The molecule has 4 rings (SSSR count). The van der Waals surface area contributed by atoms with E-state index in [1.165, 1.54) is 24.4 Å². The summed E-state index contributed by atoms with van der Waals surface area (Å²) in [6, 6.07) is 11.1. The van der Waals surface area contributed by atoms with Crippen molar-refractivity contribution in [3.8, 4) is 11.5 Å². The molecule has 0 aliphatic carbocycles. The zero-order valence-electron chi connectivity index (χ0n) is 20.3. The molecule has 12 heteroatoms. The molecule has 37 heavy (non-hydrogen) atoms. The van der Waals surface area contributed by atoms with Crippen molar-refractivity contribution in [2.24, 2.45) is 4.99 Å². The van der Waals surface area contributed by atoms with Crippen molar-refractivity contribution in [1.29, 1.82) is 0 Å². The number of pyridine rings is 1. The van der Waals surface area contributed by atoms with Crippen LogP contribution in [0.2, 0.25) is 0 Å². The maximum absolute atomic E-state index is 13.5. The third-order valence-electron chi connectivity index (χ3n) is 5.14. The number of hydrogen-bond donors (Lipinski definition) is 1. The maximum Gasteiger partial charge on any atom is 0.452 e. The minimum Gasteiger partial charge on any atom is -0.442 e. The fraction of sp³-hybridized carbons (Fsp3) is 0.320. The van der Waals surface area contributed by atoms with Gasteiger partial charge >= 0.3 is 12.3 Å². The summed E-state index contributed by atoms with van der Waals surface area (Å²) in [5.41, 5.74) is -0.394. The fourth-order valence-corrected chi connectivity index (χ4v) is 3.55. The lowest BCUT2D eigenvalue weighted by Gasteiger charge is -2.18. The van der Waals surface area contributed by atoms with Gasteiger partial charge in [-0.05, 0) is 45.0 Å².